The fraction of sp³-hybridized carbons (Fsp3) is 0.286. The van der Waals surface area contributed by atoms with E-state index in [2.05, 4.69) is 70.8 Å². The SMILES string of the molecule is CNc1ccc(CC(c2cnc[nH]2)c2cccc(C)c2C)cc1NC. The summed E-state index contributed by atoms with van der Waals surface area (Å²) in [6, 6.07) is 13.1. The first-order valence-electron chi connectivity index (χ1n) is 8.66. The standard InChI is InChI=1S/C21H26N4/c1-14-6-5-7-17(15(14)2)18(21-12-24-13-25-21)10-16-8-9-19(22-3)20(11-16)23-4/h5-9,11-13,18,22-23H,10H2,1-4H3,(H,24,25). The van der Waals surface area contributed by atoms with Gasteiger partial charge in [-0.1, -0.05) is 24.3 Å². The van der Waals surface area contributed by atoms with Crippen LogP contribution in [0.5, 0.6) is 0 Å². The molecule has 0 bridgehead atoms. The van der Waals surface area contributed by atoms with Crippen molar-refractivity contribution >= 4 is 11.4 Å². The van der Waals surface area contributed by atoms with E-state index in [-0.39, 0.29) is 5.92 Å². The summed E-state index contributed by atoms with van der Waals surface area (Å²) < 4.78 is 0. The highest BCUT2D eigenvalue weighted by atomic mass is 14.9. The van der Waals surface area contributed by atoms with Crippen LogP contribution in [-0.4, -0.2) is 24.1 Å². The molecule has 130 valence electrons. The second-order valence-corrected chi connectivity index (χ2v) is 6.43. The summed E-state index contributed by atoms with van der Waals surface area (Å²) in [5.74, 6) is 0.257. The van der Waals surface area contributed by atoms with Crippen molar-refractivity contribution in [1.82, 2.24) is 9.97 Å². The van der Waals surface area contributed by atoms with Crippen molar-refractivity contribution < 1.29 is 0 Å². The van der Waals surface area contributed by atoms with Crippen LogP contribution in [0, 0.1) is 13.8 Å². The Hall–Kier alpha value is -2.75. The molecule has 25 heavy (non-hydrogen) atoms. The zero-order valence-corrected chi connectivity index (χ0v) is 15.4. The maximum atomic E-state index is 4.25. The molecule has 4 nitrogen and oxygen atoms in total. The first-order valence-corrected chi connectivity index (χ1v) is 8.66. The molecule has 0 fully saturated rings. The van der Waals surface area contributed by atoms with Crippen LogP contribution in [0.25, 0.3) is 0 Å². The Balaban J connectivity index is 2.01. The third-order valence-corrected chi connectivity index (χ3v) is 4.98. The highest BCUT2D eigenvalue weighted by Crippen LogP contribution is 2.32. The molecule has 0 aliphatic carbocycles. The lowest BCUT2D eigenvalue weighted by molar-refractivity contribution is 0.773. The Morgan fingerprint density at radius 3 is 2.52 bits per heavy atom. The highest BCUT2D eigenvalue weighted by molar-refractivity contribution is 5.69. The molecule has 0 aliphatic rings. The summed E-state index contributed by atoms with van der Waals surface area (Å²) in [7, 11) is 3.90. The van der Waals surface area contributed by atoms with Gasteiger partial charge in [-0.15, -0.1) is 0 Å². The van der Waals surface area contributed by atoms with E-state index in [1.807, 2.05) is 20.3 Å². The van der Waals surface area contributed by atoms with Gasteiger partial charge in [0.25, 0.3) is 0 Å². The molecule has 3 N–H and O–H groups in total. The second-order valence-electron chi connectivity index (χ2n) is 6.43. The summed E-state index contributed by atoms with van der Waals surface area (Å²) in [6.45, 7) is 4.38. The van der Waals surface area contributed by atoms with Gasteiger partial charge >= 0.3 is 0 Å². The fourth-order valence-electron chi connectivity index (χ4n) is 3.37. The van der Waals surface area contributed by atoms with Gasteiger partial charge in [0, 0.05) is 31.9 Å². The van der Waals surface area contributed by atoms with E-state index in [9.17, 15) is 0 Å². The molecule has 2 aromatic carbocycles. The van der Waals surface area contributed by atoms with Gasteiger partial charge in [0.15, 0.2) is 0 Å². The van der Waals surface area contributed by atoms with Crippen LogP contribution in [0.1, 0.15) is 33.9 Å². The fourth-order valence-corrected chi connectivity index (χ4v) is 3.37. The number of H-pyrrole nitrogens is 1. The van der Waals surface area contributed by atoms with Crippen LogP contribution in [0.15, 0.2) is 48.9 Å². The lowest BCUT2D eigenvalue weighted by Crippen LogP contribution is -2.09. The number of anilines is 2. The molecule has 1 unspecified atom stereocenters. The van der Waals surface area contributed by atoms with E-state index in [4.69, 9.17) is 0 Å². The number of imidazole rings is 1. The maximum Gasteiger partial charge on any atom is 0.0921 e. The zero-order chi connectivity index (χ0) is 17.8. The molecule has 0 saturated carbocycles. The van der Waals surface area contributed by atoms with E-state index in [0.717, 1.165) is 23.5 Å². The Labute approximate surface area is 149 Å². The number of nitrogens with one attached hydrogen (secondary N) is 3. The Morgan fingerprint density at radius 1 is 1.04 bits per heavy atom. The Kier molecular flexibility index (Phi) is 5.08. The third kappa shape index (κ3) is 3.53. The van der Waals surface area contributed by atoms with Gasteiger partial charge in [0.05, 0.1) is 17.7 Å². The van der Waals surface area contributed by atoms with E-state index in [1.54, 1.807) is 6.33 Å². The second kappa shape index (κ2) is 7.43. The molecule has 0 amide bonds. The van der Waals surface area contributed by atoms with Crippen LogP contribution < -0.4 is 10.6 Å². The number of rotatable bonds is 6. The highest BCUT2D eigenvalue weighted by Gasteiger charge is 2.19. The van der Waals surface area contributed by atoms with Crippen LogP contribution in [0.3, 0.4) is 0 Å². The van der Waals surface area contributed by atoms with E-state index in [0.29, 0.717) is 0 Å². The average molecular weight is 334 g/mol. The Morgan fingerprint density at radius 2 is 1.84 bits per heavy atom. The van der Waals surface area contributed by atoms with Gasteiger partial charge < -0.3 is 15.6 Å². The summed E-state index contributed by atoms with van der Waals surface area (Å²) >= 11 is 0. The number of hydrogen-bond acceptors (Lipinski definition) is 3. The molecule has 0 aliphatic heterocycles. The molecule has 3 rings (SSSR count). The molecule has 0 spiro atoms. The van der Waals surface area contributed by atoms with Crippen LogP contribution in [-0.2, 0) is 6.42 Å². The first kappa shape index (κ1) is 17.1. The van der Waals surface area contributed by atoms with Gasteiger partial charge in [-0.05, 0) is 54.7 Å². The first-order chi connectivity index (χ1) is 12.1. The van der Waals surface area contributed by atoms with Crippen LogP contribution >= 0.6 is 0 Å². The predicted octanol–water partition coefficient (Wildman–Crippen LogP) is 4.48. The lowest BCUT2D eigenvalue weighted by Gasteiger charge is -2.20. The predicted molar refractivity (Wildman–Crippen MR) is 106 cm³/mol. The van der Waals surface area contributed by atoms with Crippen molar-refractivity contribution in [1.29, 1.82) is 0 Å². The van der Waals surface area contributed by atoms with Gasteiger partial charge in [-0.2, -0.15) is 0 Å². The van der Waals surface area contributed by atoms with Gasteiger partial charge in [-0.25, -0.2) is 4.98 Å². The molecule has 3 aromatic rings. The van der Waals surface area contributed by atoms with Gasteiger partial charge in [0.1, 0.15) is 0 Å². The minimum absolute atomic E-state index is 0.257. The molecular weight excluding hydrogens is 308 g/mol. The van der Waals surface area contributed by atoms with E-state index in [1.165, 1.54) is 22.3 Å². The summed E-state index contributed by atoms with van der Waals surface area (Å²) in [6.07, 6.45) is 4.62. The van der Waals surface area contributed by atoms with E-state index < -0.39 is 0 Å². The Bertz CT molecular complexity index is 837. The minimum atomic E-state index is 0.257. The summed E-state index contributed by atoms with van der Waals surface area (Å²) in [4.78, 5) is 7.56. The van der Waals surface area contributed by atoms with Gasteiger partial charge in [0.2, 0.25) is 0 Å². The average Bonchev–Trinajstić information content (AvgIpc) is 3.16. The number of aryl methyl sites for hydroxylation is 1. The monoisotopic (exact) mass is 334 g/mol. The minimum Gasteiger partial charge on any atom is -0.386 e. The number of aromatic nitrogens is 2. The lowest BCUT2D eigenvalue weighted by atomic mass is 9.85. The topological polar surface area (TPSA) is 52.7 Å². The summed E-state index contributed by atoms with van der Waals surface area (Å²) in [5, 5.41) is 6.50. The number of benzene rings is 2. The van der Waals surface area contributed by atoms with Crippen LogP contribution in [0.2, 0.25) is 0 Å². The summed E-state index contributed by atoms with van der Waals surface area (Å²) in [5.41, 5.74) is 8.70. The number of nitrogens with zero attached hydrogens (tertiary/aromatic N) is 1. The normalized spacial score (nSPS) is 12.0. The van der Waals surface area contributed by atoms with Crippen molar-refractivity contribution in [2.45, 2.75) is 26.2 Å². The molecule has 0 radical (unpaired) electrons. The van der Waals surface area contributed by atoms with E-state index >= 15 is 0 Å². The molecule has 0 saturated heterocycles. The number of hydrogen-bond donors (Lipinski definition) is 3. The molecule has 4 heteroatoms. The molecule has 1 atom stereocenters. The smallest absolute Gasteiger partial charge is 0.0921 e. The number of aromatic amines is 1. The van der Waals surface area contributed by atoms with Crippen LogP contribution in [0.4, 0.5) is 11.4 Å². The third-order valence-electron chi connectivity index (χ3n) is 4.98. The van der Waals surface area contributed by atoms with Crippen molar-refractivity contribution in [3.8, 4) is 0 Å². The molecular formula is C21H26N4. The zero-order valence-electron chi connectivity index (χ0n) is 15.4. The quantitative estimate of drug-likeness (QED) is 0.623. The molecule has 1 aromatic heterocycles. The molecule has 1 heterocycles. The van der Waals surface area contributed by atoms with Crippen molar-refractivity contribution in [3.05, 3.63) is 76.9 Å². The van der Waals surface area contributed by atoms with Crippen molar-refractivity contribution in [2.24, 2.45) is 0 Å². The van der Waals surface area contributed by atoms with Gasteiger partial charge in [-0.3, -0.25) is 0 Å². The largest absolute Gasteiger partial charge is 0.386 e. The maximum absolute atomic E-state index is 4.25. The van der Waals surface area contributed by atoms with Crippen molar-refractivity contribution in [3.63, 3.8) is 0 Å². The van der Waals surface area contributed by atoms with Crippen molar-refractivity contribution in [2.75, 3.05) is 24.7 Å².